The van der Waals surface area contributed by atoms with Crippen molar-refractivity contribution in [2.24, 2.45) is 17.8 Å². The molecule has 0 amide bonds. The van der Waals surface area contributed by atoms with Crippen molar-refractivity contribution in [3.8, 4) is 22.3 Å². The van der Waals surface area contributed by atoms with Crippen LogP contribution >= 0.6 is 0 Å². The van der Waals surface area contributed by atoms with Gasteiger partial charge in [-0.05, 0) is 180 Å². The second-order valence-corrected chi connectivity index (χ2v) is 20.0. The molecule has 6 aliphatic carbocycles. The van der Waals surface area contributed by atoms with Crippen LogP contribution in [0.3, 0.4) is 0 Å². The van der Waals surface area contributed by atoms with E-state index in [1.54, 1.807) is 5.57 Å². The van der Waals surface area contributed by atoms with Gasteiger partial charge in [-0.25, -0.2) is 0 Å². The van der Waals surface area contributed by atoms with E-state index in [2.05, 4.69) is 232 Å². The van der Waals surface area contributed by atoms with Gasteiger partial charge in [0.05, 0.1) is 5.41 Å². The Bertz CT molecular complexity index is 3380. The van der Waals surface area contributed by atoms with Crippen molar-refractivity contribution in [2.75, 3.05) is 0 Å². The molecule has 1 spiro atoms. The molecule has 0 bridgehead atoms. The zero-order valence-corrected chi connectivity index (χ0v) is 39.1. The Kier molecular flexibility index (Phi) is 9.94. The first-order valence-electron chi connectivity index (χ1n) is 25.2. The van der Waals surface area contributed by atoms with Crippen LogP contribution in [-0.4, -0.2) is 0 Å². The maximum atomic E-state index is 2.54. The van der Waals surface area contributed by atoms with E-state index in [0.717, 1.165) is 25.7 Å². The molecule has 0 aliphatic heterocycles. The molecular formula is C68H56. The van der Waals surface area contributed by atoms with Gasteiger partial charge in [0.1, 0.15) is 0 Å². The van der Waals surface area contributed by atoms with Gasteiger partial charge in [-0.2, -0.15) is 0 Å². The van der Waals surface area contributed by atoms with Crippen molar-refractivity contribution in [3.05, 3.63) is 285 Å². The molecule has 68 heavy (non-hydrogen) atoms. The van der Waals surface area contributed by atoms with Crippen molar-refractivity contribution in [1.29, 1.82) is 0 Å². The van der Waals surface area contributed by atoms with Gasteiger partial charge in [-0.15, -0.1) is 0 Å². The maximum absolute atomic E-state index is 2.54. The average Bonchev–Trinajstić information content (AvgIpc) is 4.18. The molecule has 328 valence electrons. The summed E-state index contributed by atoms with van der Waals surface area (Å²) in [4.78, 5) is 0. The second-order valence-electron chi connectivity index (χ2n) is 20.0. The van der Waals surface area contributed by atoms with E-state index in [9.17, 15) is 0 Å². The summed E-state index contributed by atoms with van der Waals surface area (Å²) in [7, 11) is 0. The van der Waals surface area contributed by atoms with Crippen molar-refractivity contribution in [2.45, 2.75) is 57.3 Å². The Morgan fingerprint density at radius 1 is 0.559 bits per heavy atom. The standard InChI is InChI=1S/C68H56/c1-3-54-56(48-35-33-46(34-36-48)45-19-7-4-8-20-45)40-39-55(44(2)65(54)49-23-11-6-12-24-49)50-26-17-27-51(41-50)57-29-18-32-64-66(57)59-38-37-52-42-61(52)67(59)68(64)62-30-15-13-25-53(62)43-60(47-21-9-5-10-22-47)58-28-14-16-31-63(58)68/h4-21,23-38,40-41,47,52,60-61H,3,22,39,42-43H2,1-2H3. The Hall–Kier alpha value is -7.28. The summed E-state index contributed by atoms with van der Waals surface area (Å²) >= 11 is 0. The van der Waals surface area contributed by atoms with Crippen LogP contribution in [0.1, 0.15) is 95.5 Å². The monoisotopic (exact) mass is 872 g/mol. The molecule has 0 aromatic heterocycles. The largest absolute Gasteiger partial charge is 0.0839 e. The molecule has 1 fully saturated rings. The van der Waals surface area contributed by atoms with Gasteiger partial charge in [-0.3, -0.25) is 0 Å². The zero-order chi connectivity index (χ0) is 45.3. The smallest absolute Gasteiger partial charge is 0.0685 e. The lowest BCUT2D eigenvalue weighted by molar-refractivity contribution is 0.504. The molecule has 0 radical (unpaired) electrons. The molecule has 0 heterocycles. The molecule has 7 aromatic carbocycles. The number of rotatable bonds is 7. The Morgan fingerprint density at radius 2 is 1.24 bits per heavy atom. The fraction of sp³-hybridized carbons (Fsp3) is 0.176. The van der Waals surface area contributed by atoms with Gasteiger partial charge in [0, 0.05) is 0 Å². The van der Waals surface area contributed by atoms with Crippen LogP contribution in [0, 0.1) is 17.8 Å². The highest BCUT2D eigenvalue weighted by atomic mass is 14.6. The van der Waals surface area contributed by atoms with Crippen LogP contribution in [0.4, 0.5) is 0 Å². The van der Waals surface area contributed by atoms with E-state index < -0.39 is 0 Å². The van der Waals surface area contributed by atoms with Crippen LogP contribution in [0.25, 0.3) is 44.5 Å². The predicted octanol–water partition coefficient (Wildman–Crippen LogP) is 17.2. The third-order valence-corrected chi connectivity index (χ3v) is 16.5. The Balaban J connectivity index is 0.979. The van der Waals surface area contributed by atoms with Crippen LogP contribution in [0.2, 0.25) is 0 Å². The molecule has 0 nitrogen and oxygen atoms in total. The summed E-state index contributed by atoms with van der Waals surface area (Å²) < 4.78 is 0. The SMILES string of the molecule is CCC1=C(c2ccccc2)C(C)=C(c2cccc(-c3cccc4c3C3=C(C5CC5C=C3)C43c4ccccc4CC(C4C=CC=CC4)c4ccccc43)c2)CC=C1c1ccc(-c2ccccc2)cc1. The van der Waals surface area contributed by atoms with Crippen LogP contribution in [-0.2, 0) is 11.8 Å². The maximum Gasteiger partial charge on any atom is 0.0685 e. The van der Waals surface area contributed by atoms with Crippen LogP contribution in [0.5, 0.6) is 0 Å². The van der Waals surface area contributed by atoms with E-state index in [1.165, 1.54) is 112 Å². The normalized spacial score (nSPS) is 23.1. The summed E-state index contributed by atoms with van der Waals surface area (Å²) in [6.07, 6.45) is 22.1. The highest BCUT2D eigenvalue weighted by molar-refractivity contribution is 6.02. The van der Waals surface area contributed by atoms with E-state index in [1.807, 2.05) is 0 Å². The molecule has 0 N–H and O–H groups in total. The molecular weight excluding hydrogens is 817 g/mol. The Morgan fingerprint density at radius 3 is 2.03 bits per heavy atom. The lowest BCUT2D eigenvalue weighted by atomic mass is 9.63. The van der Waals surface area contributed by atoms with Gasteiger partial charge in [0.15, 0.2) is 0 Å². The molecule has 0 heteroatoms. The highest BCUT2D eigenvalue weighted by Gasteiger charge is 2.58. The van der Waals surface area contributed by atoms with Gasteiger partial charge in [0.2, 0.25) is 0 Å². The first kappa shape index (κ1) is 41.0. The van der Waals surface area contributed by atoms with E-state index >= 15 is 0 Å². The van der Waals surface area contributed by atoms with Gasteiger partial charge in [0.25, 0.3) is 0 Å². The third-order valence-electron chi connectivity index (χ3n) is 16.5. The minimum atomic E-state index is -0.356. The molecule has 7 aromatic rings. The van der Waals surface area contributed by atoms with Gasteiger partial charge in [-0.1, -0.05) is 219 Å². The average molecular weight is 873 g/mol. The van der Waals surface area contributed by atoms with Crippen molar-refractivity contribution in [3.63, 3.8) is 0 Å². The predicted molar refractivity (Wildman–Crippen MR) is 286 cm³/mol. The number of benzene rings is 7. The quantitative estimate of drug-likeness (QED) is 0.150. The van der Waals surface area contributed by atoms with E-state index in [-0.39, 0.29) is 5.41 Å². The summed E-state index contributed by atoms with van der Waals surface area (Å²) in [5.74, 6) is 2.02. The summed E-state index contributed by atoms with van der Waals surface area (Å²) in [6, 6.07) is 67.1. The third kappa shape index (κ3) is 6.41. The second kappa shape index (κ2) is 16.5. The molecule has 6 aliphatic rings. The fourth-order valence-electron chi connectivity index (χ4n) is 13.4. The lowest BCUT2D eigenvalue weighted by Crippen LogP contribution is -2.32. The first-order chi connectivity index (χ1) is 33.6. The summed E-state index contributed by atoms with van der Waals surface area (Å²) in [6.45, 7) is 4.71. The van der Waals surface area contributed by atoms with Crippen molar-refractivity contribution >= 4 is 22.3 Å². The van der Waals surface area contributed by atoms with Gasteiger partial charge < -0.3 is 0 Å². The summed E-state index contributed by atoms with van der Waals surface area (Å²) in [5, 5.41) is 0. The number of hydrogen-bond donors (Lipinski definition) is 0. The topological polar surface area (TPSA) is 0 Å². The minimum Gasteiger partial charge on any atom is -0.0839 e. The Labute approximate surface area is 402 Å². The number of allylic oxidation sites excluding steroid dienone is 14. The van der Waals surface area contributed by atoms with Gasteiger partial charge >= 0.3 is 0 Å². The minimum absolute atomic E-state index is 0.356. The van der Waals surface area contributed by atoms with Crippen molar-refractivity contribution < 1.29 is 0 Å². The molecule has 13 rings (SSSR count). The zero-order valence-electron chi connectivity index (χ0n) is 39.1. The molecule has 5 atom stereocenters. The molecule has 5 unspecified atom stereocenters. The van der Waals surface area contributed by atoms with Crippen LogP contribution in [0.15, 0.2) is 235 Å². The first-order valence-corrected chi connectivity index (χ1v) is 25.2. The molecule has 1 saturated carbocycles. The van der Waals surface area contributed by atoms with E-state index in [0.29, 0.717) is 23.7 Å². The van der Waals surface area contributed by atoms with Crippen LogP contribution < -0.4 is 0 Å². The highest BCUT2D eigenvalue weighted by Crippen LogP contribution is 2.68. The number of fused-ring (bicyclic) bond motifs is 10. The summed E-state index contributed by atoms with van der Waals surface area (Å²) in [5.41, 5.74) is 27.5. The number of hydrogen-bond acceptors (Lipinski definition) is 0. The lowest BCUT2D eigenvalue weighted by Gasteiger charge is -2.38. The van der Waals surface area contributed by atoms with Crippen molar-refractivity contribution in [1.82, 2.24) is 0 Å². The molecule has 0 saturated heterocycles. The van der Waals surface area contributed by atoms with E-state index in [4.69, 9.17) is 0 Å². The fourth-order valence-corrected chi connectivity index (χ4v) is 13.4.